The summed E-state index contributed by atoms with van der Waals surface area (Å²) in [6, 6.07) is 16.3. The Balaban J connectivity index is 0.00000311. The summed E-state index contributed by atoms with van der Waals surface area (Å²) in [7, 11) is 2.58. The number of hydrogen-bond acceptors (Lipinski definition) is 22. The molecule has 7 rings (SSSR count). The number of carbonyl (C=O) groups is 7. The van der Waals surface area contributed by atoms with Crippen molar-refractivity contribution in [2.45, 2.75) is 32.4 Å². The number of rotatable bonds is 34. The zero-order chi connectivity index (χ0) is 68.3. The van der Waals surface area contributed by atoms with Gasteiger partial charge in [0.2, 0.25) is 11.8 Å². The van der Waals surface area contributed by atoms with Crippen LogP contribution in [0.5, 0.6) is 11.5 Å². The van der Waals surface area contributed by atoms with E-state index < -0.39 is 17.5 Å². The van der Waals surface area contributed by atoms with Gasteiger partial charge >= 0.3 is 11.9 Å². The number of aromatic nitrogens is 2. The number of hydrogen-bond donors (Lipinski definition) is 6. The van der Waals surface area contributed by atoms with Crippen molar-refractivity contribution in [2.75, 3.05) is 204 Å². The Kier molecular flexibility index (Phi) is 35.1. The number of anilines is 1. The van der Waals surface area contributed by atoms with Crippen LogP contribution in [-0.2, 0) is 68.5 Å². The second-order valence-corrected chi connectivity index (χ2v) is 22.8. The van der Waals surface area contributed by atoms with Crippen LogP contribution in [0.25, 0.3) is 28.1 Å². The molecule has 1 aromatic heterocycles. The van der Waals surface area contributed by atoms with E-state index in [1.54, 1.807) is 50.8 Å². The van der Waals surface area contributed by atoms with Gasteiger partial charge in [-0.3, -0.25) is 48.4 Å². The number of halogens is 2. The Morgan fingerprint density at radius 1 is 0.660 bits per heavy atom. The number of fused-ring (bicyclic) bond motifs is 3. The molecule has 3 amide bonds. The fraction of sp³-hybridized carbons (Fsp3) is 0.556. The van der Waals surface area contributed by atoms with Gasteiger partial charge in [-0.05, 0) is 55.8 Å². The number of amides is 3. The predicted molar refractivity (Wildman–Crippen MR) is 346 cm³/mol. The highest BCUT2D eigenvalue weighted by Crippen LogP contribution is 2.47. The van der Waals surface area contributed by atoms with Crippen LogP contribution in [0.15, 0.2) is 54.6 Å². The van der Waals surface area contributed by atoms with Crippen molar-refractivity contribution in [3.63, 3.8) is 0 Å². The van der Waals surface area contributed by atoms with E-state index in [1.807, 2.05) is 54.0 Å². The smallest absolute Gasteiger partial charge is 0.317 e. The first kappa shape index (κ1) is 77.8. The van der Waals surface area contributed by atoms with Crippen LogP contribution in [0.1, 0.15) is 36.3 Å². The van der Waals surface area contributed by atoms with Gasteiger partial charge in [0.15, 0.2) is 5.69 Å². The molecule has 0 aliphatic carbocycles. The number of benzene rings is 3. The largest absolute Gasteiger partial charge is 0.496 e. The average molecular weight is 1360 g/mol. The number of morpholine rings is 1. The minimum Gasteiger partial charge on any atom is -0.496 e. The summed E-state index contributed by atoms with van der Waals surface area (Å²) in [6.45, 7) is 12.3. The van der Waals surface area contributed by atoms with Gasteiger partial charge in [0.25, 0.3) is 12.4 Å². The minimum absolute atomic E-state index is 0.0753. The van der Waals surface area contributed by atoms with E-state index in [-0.39, 0.29) is 88.9 Å². The van der Waals surface area contributed by atoms with Crippen molar-refractivity contribution in [2.24, 2.45) is 0 Å². The highest BCUT2D eigenvalue weighted by Gasteiger charge is 2.39. The Morgan fingerprint density at radius 3 is 1.70 bits per heavy atom. The predicted octanol–water partition coefficient (Wildman–Crippen LogP) is 3.11. The van der Waals surface area contributed by atoms with E-state index in [9.17, 15) is 39.0 Å². The van der Waals surface area contributed by atoms with Crippen molar-refractivity contribution in [3.05, 3.63) is 75.9 Å². The first-order chi connectivity index (χ1) is 45.4. The maximum Gasteiger partial charge on any atom is 0.317 e. The SMILES string of the molecule is CO.COc1cc2c(cc1-c1cccc(NC(=O)CCOCCOCCOCCOCCOCCOCCNC(=O)CN3CCN(CC=O)CCN(CC(=O)O)CCN(CC(=O)O)CC3)c1)-c1c(c(C(=O)N3CCOCC3(C)C)nn1-c1cc(Cl)cc(Cl)c1)CO2.O=CO. The number of nitrogens with zero attached hydrogens (tertiary/aromatic N) is 7. The van der Waals surface area contributed by atoms with E-state index in [0.29, 0.717) is 193 Å². The second-order valence-electron chi connectivity index (χ2n) is 22.0. The lowest BCUT2D eigenvalue weighted by Gasteiger charge is -2.41. The highest BCUT2D eigenvalue weighted by atomic mass is 35.5. The van der Waals surface area contributed by atoms with Crippen LogP contribution >= 0.6 is 23.2 Å². The molecule has 520 valence electrons. The molecule has 94 heavy (non-hydrogen) atoms. The molecular weight excluding hydrogens is 1270 g/mol. The molecule has 3 aromatic carbocycles. The van der Waals surface area contributed by atoms with Gasteiger partial charge in [-0.1, -0.05) is 35.3 Å². The fourth-order valence-corrected chi connectivity index (χ4v) is 10.8. The molecule has 0 spiro atoms. The number of aliphatic hydroxyl groups is 1. The average Bonchev–Trinajstić information content (AvgIpc) is 1.54. The molecule has 2 fully saturated rings. The van der Waals surface area contributed by atoms with Gasteiger partial charge in [0.1, 0.15) is 24.4 Å². The van der Waals surface area contributed by atoms with Gasteiger partial charge in [0, 0.05) is 111 Å². The highest BCUT2D eigenvalue weighted by molar-refractivity contribution is 6.34. The monoisotopic (exact) mass is 1360 g/mol. The third-order valence-corrected chi connectivity index (χ3v) is 15.2. The summed E-state index contributed by atoms with van der Waals surface area (Å²) in [4.78, 5) is 92.1. The minimum atomic E-state index is -0.995. The molecule has 0 atom stereocenters. The number of aliphatic hydroxyl groups excluding tert-OH is 1. The zero-order valence-electron chi connectivity index (χ0n) is 53.8. The molecule has 0 unspecified atom stereocenters. The van der Waals surface area contributed by atoms with Crippen molar-refractivity contribution in [1.29, 1.82) is 0 Å². The number of aldehydes is 1. The Hall–Kier alpha value is -6.94. The normalized spacial score (nSPS) is 15.4. The molecule has 0 saturated carbocycles. The van der Waals surface area contributed by atoms with Crippen LogP contribution in [0, 0.1) is 0 Å². The number of nitrogens with one attached hydrogen (secondary N) is 2. The topological polar surface area (TPSA) is 342 Å². The third kappa shape index (κ3) is 26.3. The van der Waals surface area contributed by atoms with Gasteiger partial charge in [-0.2, -0.15) is 5.10 Å². The fourth-order valence-electron chi connectivity index (χ4n) is 10.3. The number of ether oxygens (including phenoxy) is 9. The molecule has 0 radical (unpaired) electrons. The van der Waals surface area contributed by atoms with E-state index in [1.165, 1.54) is 0 Å². The van der Waals surface area contributed by atoms with Gasteiger partial charge in [-0.25, -0.2) is 4.68 Å². The quantitative estimate of drug-likeness (QED) is 0.0289. The molecule has 6 N–H and O–H groups in total. The van der Waals surface area contributed by atoms with E-state index in [4.69, 9.17) is 85.9 Å². The summed E-state index contributed by atoms with van der Waals surface area (Å²) in [5.41, 5.74) is 4.20. The number of methoxy groups -OCH3 is 1. The summed E-state index contributed by atoms with van der Waals surface area (Å²) >= 11 is 13.0. The van der Waals surface area contributed by atoms with Gasteiger partial charge in [0.05, 0.1) is 149 Å². The molecule has 3 aliphatic heterocycles. The number of carbonyl (C=O) groups excluding carboxylic acids is 4. The first-order valence-electron chi connectivity index (χ1n) is 30.7. The standard InChI is InChI=1S/C61H83Cl2N9O17.CH2O2.CH4O/c1-61(2)43-88-22-18-71(61)60(80)58-51-42-89-53-38-52(81-3)49(37-50(53)59(51)72(66-58)48-35-45(62)34-46(63)36-48)44-5-4-6-47(33-44)65-54(74)7-20-82-23-25-84-27-29-86-31-32-87-30-28-85-26-24-83-21-8-64-55(75)39-68-11-9-67(17-19-73)10-12-69(40-56(76)77)15-16-70(14-13-68)41-57(78)79;2-1-3;1-2/h4-6,19,33-38H,7-18,20-32,39-43H2,1-3H3,(H,64,75)(H,65,74)(H,76,77)(H,78,79);1H,(H,2,3);2H,1H3. The van der Waals surface area contributed by atoms with Crippen molar-refractivity contribution in [3.8, 4) is 39.6 Å². The summed E-state index contributed by atoms with van der Waals surface area (Å²) in [6.07, 6.45) is 0.915. The summed E-state index contributed by atoms with van der Waals surface area (Å²) in [5.74, 6) is -1.61. The Labute approximate surface area is 556 Å². The Bertz CT molecular complexity index is 3010. The van der Waals surface area contributed by atoms with E-state index >= 15 is 0 Å². The molecule has 31 heteroatoms. The van der Waals surface area contributed by atoms with Crippen LogP contribution in [-0.4, -0.2) is 301 Å². The molecule has 2 saturated heterocycles. The number of aliphatic carboxylic acids is 2. The molecule has 3 aliphatic rings. The van der Waals surface area contributed by atoms with Crippen LogP contribution in [0.4, 0.5) is 5.69 Å². The maximum atomic E-state index is 14.4. The van der Waals surface area contributed by atoms with Crippen molar-refractivity contribution >= 4 is 71.3 Å². The first-order valence-corrected chi connectivity index (χ1v) is 31.4. The van der Waals surface area contributed by atoms with E-state index in [2.05, 4.69) is 10.6 Å². The zero-order valence-corrected chi connectivity index (χ0v) is 55.3. The summed E-state index contributed by atoms with van der Waals surface area (Å²) in [5, 5.41) is 44.3. The molecule has 0 bridgehead atoms. The van der Waals surface area contributed by atoms with Crippen LogP contribution in [0.2, 0.25) is 10.0 Å². The summed E-state index contributed by atoms with van der Waals surface area (Å²) < 4.78 is 53.2. The molecular formula is C63H89Cl2N9O20. The lowest BCUT2D eigenvalue weighted by Crippen LogP contribution is -2.55. The van der Waals surface area contributed by atoms with E-state index in [0.717, 1.165) is 19.0 Å². The molecule has 29 nitrogen and oxygen atoms in total. The molecule has 4 heterocycles. The van der Waals surface area contributed by atoms with Gasteiger partial charge in [-0.15, -0.1) is 0 Å². The Morgan fingerprint density at radius 2 is 1.18 bits per heavy atom. The van der Waals surface area contributed by atoms with Crippen molar-refractivity contribution < 1.29 is 96.6 Å². The third-order valence-electron chi connectivity index (χ3n) is 14.8. The maximum absolute atomic E-state index is 14.4. The molecule has 4 aromatic rings. The second kappa shape index (κ2) is 42.5. The number of carboxylic acid groups (broad SMARTS) is 3. The lowest BCUT2D eigenvalue weighted by molar-refractivity contribution is -0.140. The van der Waals surface area contributed by atoms with Gasteiger partial charge < -0.3 is 83.4 Å². The number of carboxylic acids is 2. The van der Waals surface area contributed by atoms with Crippen LogP contribution in [0.3, 0.4) is 0 Å². The van der Waals surface area contributed by atoms with Crippen LogP contribution < -0.4 is 20.1 Å². The van der Waals surface area contributed by atoms with Crippen molar-refractivity contribution in [1.82, 2.24) is 39.6 Å². The lowest BCUT2D eigenvalue weighted by atomic mass is 9.95.